The van der Waals surface area contributed by atoms with Gasteiger partial charge in [-0.2, -0.15) is 0 Å². The molecule has 0 radical (unpaired) electrons. The van der Waals surface area contributed by atoms with Gasteiger partial charge in [-0.05, 0) is 19.3 Å². The molecule has 1 rings (SSSR count). The summed E-state index contributed by atoms with van der Waals surface area (Å²) < 4.78 is 2.20. The third-order valence-corrected chi connectivity index (χ3v) is 2.36. The summed E-state index contributed by atoms with van der Waals surface area (Å²) in [6.45, 7) is 3.87. The number of hydrogen-bond acceptors (Lipinski definition) is 2. The number of carbonyl (C=O) groups is 1. The topological polar surface area (TPSA) is 20.3 Å². The van der Waals surface area contributed by atoms with Crippen LogP contribution in [0, 0.1) is 5.92 Å². The SMILES string of the molecule is CC(=O)CC1CCN(P)C1. The highest BCUT2D eigenvalue weighted by molar-refractivity contribution is 7.13. The van der Waals surface area contributed by atoms with E-state index in [9.17, 15) is 4.79 Å². The zero-order valence-corrected chi connectivity index (χ0v) is 7.49. The lowest BCUT2D eigenvalue weighted by Gasteiger charge is -2.06. The molecule has 0 aliphatic carbocycles. The van der Waals surface area contributed by atoms with Crippen molar-refractivity contribution in [2.24, 2.45) is 5.92 Å². The maximum atomic E-state index is 10.7. The monoisotopic (exact) mass is 159 g/mol. The number of ketones is 1. The molecule has 3 heteroatoms. The summed E-state index contributed by atoms with van der Waals surface area (Å²) in [6, 6.07) is 0. The van der Waals surface area contributed by atoms with E-state index in [1.54, 1.807) is 6.92 Å². The smallest absolute Gasteiger partial charge is 0.130 e. The number of hydrogen-bond donors (Lipinski definition) is 0. The van der Waals surface area contributed by atoms with Crippen LogP contribution >= 0.6 is 9.39 Å². The molecule has 0 bridgehead atoms. The Balaban J connectivity index is 2.24. The van der Waals surface area contributed by atoms with Crippen LogP contribution in [0.25, 0.3) is 0 Å². The summed E-state index contributed by atoms with van der Waals surface area (Å²) in [5.41, 5.74) is 0. The molecule has 1 aliphatic heterocycles. The standard InChI is InChI=1S/C7H14NOP/c1-6(9)4-7-2-3-8(10)5-7/h7H,2-5,10H2,1H3. The Morgan fingerprint density at radius 3 is 2.90 bits per heavy atom. The minimum atomic E-state index is 0.324. The molecule has 1 aliphatic rings. The molecule has 0 aromatic heterocycles. The average Bonchev–Trinajstić information content (AvgIpc) is 2.13. The van der Waals surface area contributed by atoms with Gasteiger partial charge in [-0.3, -0.25) is 4.67 Å². The minimum absolute atomic E-state index is 0.324. The fourth-order valence-electron chi connectivity index (χ4n) is 1.44. The predicted molar refractivity (Wildman–Crippen MR) is 44.7 cm³/mol. The highest BCUT2D eigenvalue weighted by Gasteiger charge is 2.20. The van der Waals surface area contributed by atoms with Gasteiger partial charge in [-0.1, -0.05) is 9.39 Å². The maximum Gasteiger partial charge on any atom is 0.130 e. The summed E-state index contributed by atoms with van der Waals surface area (Å²) in [5.74, 6) is 0.945. The fourth-order valence-corrected chi connectivity index (χ4v) is 1.88. The number of carbonyl (C=O) groups excluding carboxylic acids is 1. The normalized spacial score (nSPS) is 27.2. The van der Waals surface area contributed by atoms with E-state index in [0.29, 0.717) is 11.7 Å². The van der Waals surface area contributed by atoms with Crippen LogP contribution in [0.15, 0.2) is 0 Å². The van der Waals surface area contributed by atoms with Gasteiger partial charge >= 0.3 is 0 Å². The fraction of sp³-hybridized carbons (Fsp3) is 0.857. The molecule has 10 heavy (non-hydrogen) atoms. The third kappa shape index (κ3) is 2.36. The molecule has 0 amide bonds. The van der Waals surface area contributed by atoms with Gasteiger partial charge < -0.3 is 4.79 Å². The van der Waals surface area contributed by atoms with Crippen LogP contribution in [0.4, 0.5) is 0 Å². The van der Waals surface area contributed by atoms with Crippen molar-refractivity contribution in [2.45, 2.75) is 19.8 Å². The lowest BCUT2D eigenvalue weighted by molar-refractivity contribution is -0.117. The molecule has 1 saturated heterocycles. The molecule has 1 fully saturated rings. The first kappa shape index (κ1) is 8.16. The Kier molecular flexibility index (Phi) is 2.82. The third-order valence-electron chi connectivity index (χ3n) is 1.89. The Morgan fingerprint density at radius 1 is 1.80 bits per heavy atom. The summed E-state index contributed by atoms with van der Waals surface area (Å²) in [5, 5.41) is 0. The van der Waals surface area contributed by atoms with Crippen LogP contribution < -0.4 is 0 Å². The van der Waals surface area contributed by atoms with Crippen LogP contribution in [0.5, 0.6) is 0 Å². The first-order valence-electron chi connectivity index (χ1n) is 3.67. The molecule has 0 aromatic carbocycles. The Bertz CT molecular complexity index is 138. The van der Waals surface area contributed by atoms with Crippen molar-refractivity contribution in [3.63, 3.8) is 0 Å². The highest BCUT2D eigenvalue weighted by atomic mass is 31.0. The van der Waals surface area contributed by atoms with Crippen LogP contribution in [-0.4, -0.2) is 23.5 Å². The summed E-state index contributed by atoms with van der Waals surface area (Å²) >= 11 is 0. The Morgan fingerprint density at radius 2 is 2.50 bits per heavy atom. The van der Waals surface area contributed by atoms with Gasteiger partial charge in [-0.25, -0.2) is 0 Å². The van der Waals surface area contributed by atoms with E-state index in [2.05, 4.69) is 14.1 Å². The minimum Gasteiger partial charge on any atom is -0.300 e. The van der Waals surface area contributed by atoms with Crippen LogP contribution in [-0.2, 0) is 4.79 Å². The molecular weight excluding hydrogens is 145 g/mol. The van der Waals surface area contributed by atoms with Gasteiger partial charge in [0.25, 0.3) is 0 Å². The maximum absolute atomic E-state index is 10.7. The molecule has 2 atom stereocenters. The number of Topliss-reactive ketones (excluding diaryl/α,β-unsaturated/α-hetero) is 1. The van der Waals surface area contributed by atoms with Crippen molar-refractivity contribution >= 4 is 15.2 Å². The molecule has 0 saturated carbocycles. The van der Waals surface area contributed by atoms with Gasteiger partial charge in [0, 0.05) is 19.5 Å². The van der Waals surface area contributed by atoms with E-state index < -0.39 is 0 Å². The number of rotatable bonds is 2. The van der Waals surface area contributed by atoms with Crippen LogP contribution in [0.1, 0.15) is 19.8 Å². The van der Waals surface area contributed by atoms with Gasteiger partial charge in [0.15, 0.2) is 0 Å². The van der Waals surface area contributed by atoms with Crippen molar-refractivity contribution in [1.29, 1.82) is 0 Å². The molecule has 58 valence electrons. The van der Waals surface area contributed by atoms with Crippen LogP contribution in [0.3, 0.4) is 0 Å². The zero-order valence-electron chi connectivity index (χ0n) is 6.34. The second-order valence-corrected chi connectivity index (χ2v) is 3.79. The average molecular weight is 159 g/mol. The lowest BCUT2D eigenvalue weighted by atomic mass is 10.0. The second kappa shape index (κ2) is 3.45. The second-order valence-electron chi connectivity index (χ2n) is 3.06. The molecule has 2 nitrogen and oxygen atoms in total. The molecule has 0 N–H and O–H groups in total. The molecule has 0 aromatic rings. The summed E-state index contributed by atoms with van der Waals surface area (Å²) in [4.78, 5) is 10.7. The first-order valence-corrected chi connectivity index (χ1v) is 4.19. The van der Waals surface area contributed by atoms with Crippen LogP contribution in [0.2, 0.25) is 0 Å². The van der Waals surface area contributed by atoms with E-state index in [4.69, 9.17) is 0 Å². The lowest BCUT2D eigenvalue weighted by Crippen LogP contribution is -2.09. The molecular formula is C7H14NOP. The predicted octanol–water partition coefficient (Wildman–Crippen LogP) is 1.08. The highest BCUT2D eigenvalue weighted by Crippen LogP contribution is 2.21. The van der Waals surface area contributed by atoms with E-state index in [1.807, 2.05) is 0 Å². The van der Waals surface area contributed by atoms with Gasteiger partial charge in [0.1, 0.15) is 5.78 Å². The van der Waals surface area contributed by atoms with Gasteiger partial charge in [-0.15, -0.1) is 0 Å². The Labute approximate surface area is 64.2 Å². The van der Waals surface area contributed by atoms with E-state index in [0.717, 1.165) is 19.5 Å². The quantitative estimate of drug-likeness (QED) is 0.562. The van der Waals surface area contributed by atoms with Gasteiger partial charge in [0.2, 0.25) is 0 Å². The van der Waals surface area contributed by atoms with Crippen molar-refractivity contribution in [3.8, 4) is 0 Å². The summed E-state index contributed by atoms with van der Waals surface area (Å²) in [6.07, 6.45) is 1.95. The van der Waals surface area contributed by atoms with Crippen molar-refractivity contribution in [1.82, 2.24) is 4.67 Å². The Hall–Kier alpha value is 0.0600. The summed E-state index contributed by atoms with van der Waals surface area (Å²) in [7, 11) is 2.68. The van der Waals surface area contributed by atoms with E-state index >= 15 is 0 Å². The molecule has 0 spiro atoms. The van der Waals surface area contributed by atoms with E-state index in [-0.39, 0.29) is 0 Å². The number of nitrogens with zero attached hydrogens (tertiary/aromatic N) is 1. The van der Waals surface area contributed by atoms with Crippen molar-refractivity contribution in [2.75, 3.05) is 13.1 Å². The van der Waals surface area contributed by atoms with E-state index in [1.165, 1.54) is 6.42 Å². The zero-order chi connectivity index (χ0) is 7.56. The van der Waals surface area contributed by atoms with Gasteiger partial charge in [0.05, 0.1) is 0 Å². The molecule has 2 unspecified atom stereocenters. The molecule has 1 heterocycles. The first-order chi connectivity index (χ1) is 4.68. The van der Waals surface area contributed by atoms with Crippen molar-refractivity contribution < 1.29 is 4.79 Å². The largest absolute Gasteiger partial charge is 0.300 e. The van der Waals surface area contributed by atoms with Crippen molar-refractivity contribution in [3.05, 3.63) is 0 Å².